The third-order valence-corrected chi connectivity index (χ3v) is 2.83. The van der Waals surface area contributed by atoms with E-state index in [1.807, 2.05) is 32.9 Å². The van der Waals surface area contributed by atoms with E-state index in [0.29, 0.717) is 19.6 Å². The third-order valence-electron chi connectivity index (χ3n) is 2.83. The Morgan fingerprint density at radius 3 is 2.18 bits per heavy atom. The molecule has 0 aliphatic heterocycles. The molecule has 0 saturated carbocycles. The topological polar surface area (TPSA) is 52.6 Å². The molecule has 1 rings (SSSR count). The first-order valence-electron chi connectivity index (χ1n) is 7.64. The summed E-state index contributed by atoms with van der Waals surface area (Å²) in [5, 5.41) is 0. The standard InChI is InChI=1S/C18H24O4/c1-4-5-6-9-12-21-17(19)15-10-7-8-11-16(15)18(20)22-13-14(2)3/h5-8,10-11,14H,4,9,12-13H2,1-3H3/b6-5+. The average Bonchev–Trinajstić information content (AvgIpc) is 2.52. The lowest BCUT2D eigenvalue weighted by atomic mass is 10.1. The van der Waals surface area contributed by atoms with Gasteiger partial charge in [0.25, 0.3) is 0 Å². The van der Waals surface area contributed by atoms with E-state index < -0.39 is 11.9 Å². The number of rotatable bonds is 8. The highest BCUT2D eigenvalue weighted by Gasteiger charge is 2.18. The van der Waals surface area contributed by atoms with Gasteiger partial charge < -0.3 is 9.47 Å². The van der Waals surface area contributed by atoms with Crippen LogP contribution in [0.1, 0.15) is 54.3 Å². The highest BCUT2D eigenvalue weighted by molar-refractivity contribution is 6.03. The maximum Gasteiger partial charge on any atom is 0.339 e. The molecular formula is C18H24O4. The number of carbonyl (C=O) groups excluding carboxylic acids is 2. The van der Waals surface area contributed by atoms with Gasteiger partial charge in [-0.15, -0.1) is 0 Å². The molecule has 0 atom stereocenters. The minimum absolute atomic E-state index is 0.244. The van der Waals surface area contributed by atoms with Gasteiger partial charge in [0.2, 0.25) is 0 Å². The summed E-state index contributed by atoms with van der Waals surface area (Å²) in [4.78, 5) is 24.1. The number of allylic oxidation sites excluding steroid dienone is 1. The summed E-state index contributed by atoms with van der Waals surface area (Å²) in [5.41, 5.74) is 0.493. The van der Waals surface area contributed by atoms with Crippen molar-refractivity contribution in [1.29, 1.82) is 0 Å². The minimum atomic E-state index is -0.498. The highest BCUT2D eigenvalue weighted by Crippen LogP contribution is 2.13. The zero-order valence-corrected chi connectivity index (χ0v) is 13.5. The van der Waals surface area contributed by atoms with Crippen molar-refractivity contribution >= 4 is 11.9 Å². The molecule has 0 aromatic heterocycles. The molecule has 4 nitrogen and oxygen atoms in total. The first kappa shape index (κ1) is 18.0. The van der Waals surface area contributed by atoms with Crippen molar-refractivity contribution in [2.45, 2.75) is 33.6 Å². The number of esters is 2. The van der Waals surface area contributed by atoms with Crippen molar-refractivity contribution in [1.82, 2.24) is 0 Å². The van der Waals surface area contributed by atoms with E-state index in [1.165, 1.54) is 0 Å². The van der Waals surface area contributed by atoms with Crippen LogP contribution in [0.4, 0.5) is 0 Å². The number of benzene rings is 1. The number of hydrogen-bond donors (Lipinski definition) is 0. The van der Waals surface area contributed by atoms with E-state index in [1.54, 1.807) is 24.3 Å². The maximum absolute atomic E-state index is 12.1. The molecule has 0 aliphatic carbocycles. The van der Waals surface area contributed by atoms with E-state index in [4.69, 9.17) is 9.47 Å². The van der Waals surface area contributed by atoms with E-state index >= 15 is 0 Å². The van der Waals surface area contributed by atoms with Crippen LogP contribution in [0.5, 0.6) is 0 Å². The van der Waals surface area contributed by atoms with Gasteiger partial charge >= 0.3 is 11.9 Å². The van der Waals surface area contributed by atoms with Gasteiger partial charge in [-0.3, -0.25) is 0 Å². The molecule has 0 radical (unpaired) electrons. The predicted molar refractivity (Wildman–Crippen MR) is 85.9 cm³/mol. The molecule has 0 saturated heterocycles. The lowest BCUT2D eigenvalue weighted by Crippen LogP contribution is -2.16. The van der Waals surface area contributed by atoms with Crippen molar-refractivity contribution in [3.8, 4) is 0 Å². The predicted octanol–water partition coefficient (Wildman–Crippen LogP) is 4.01. The Morgan fingerprint density at radius 2 is 1.64 bits per heavy atom. The number of ether oxygens (including phenoxy) is 2. The van der Waals surface area contributed by atoms with Gasteiger partial charge in [0.1, 0.15) is 0 Å². The van der Waals surface area contributed by atoms with Crippen molar-refractivity contribution < 1.29 is 19.1 Å². The molecule has 0 bridgehead atoms. The monoisotopic (exact) mass is 304 g/mol. The average molecular weight is 304 g/mol. The lowest BCUT2D eigenvalue weighted by Gasteiger charge is -2.10. The van der Waals surface area contributed by atoms with Crippen molar-refractivity contribution in [2.24, 2.45) is 5.92 Å². The van der Waals surface area contributed by atoms with Crippen LogP contribution in [0, 0.1) is 5.92 Å². The molecule has 22 heavy (non-hydrogen) atoms. The van der Waals surface area contributed by atoms with Crippen molar-refractivity contribution in [3.05, 3.63) is 47.5 Å². The summed E-state index contributed by atoms with van der Waals surface area (Å²) < 4.78 is 10.4. The van der Waals surface area contributed by atoms with Gasteiger partial charge in [0.05, 0.1) is 24.3 Å². The van der Waals surface area contributed by atoms with Gasteiger partial charge in [-0.05, 0) is 30.9 Å². The van der Waals surface area contributed by atoms with Crippen LogP contribution in [-0.2, 0) is 9.47 Å². The Labute approximate surface area is 132 Å². The van der Waals surface area contributed by atoms with Crippen LogP contribution in [0.15, 0.2) is 36.4 Å². The van der Waals surface area contributed by atoms with Crippen LogP contribution in [0.3, 0.4) is 0 Å². The van der Waals surface area contributed by atoms with Gasteiger partial charge in [0.15, 0.2) is 0 Å². The van der Waals surface area contributed by atoms with Gasteiger partial charge in [0, 0.05) is 0 Å². The van der Waals surface area contributed by atoms with Gasteiger partial charge in [-0.1, -0.05) is 45.1 Å². The smallest absolute Gasteiger partial charge is 0.339 e. The fourth-order valence-corrected chi connectivity index (χ4v) is 1.74. The molecule has 1 aromatic carbocycles. The summed E-state index contributed by atoms with van der Waals surface area (Å²) >= 11 is 0. The van der Waals surface area contributed by atoms with E-state index in [2.05, 4.69) is 0 Å². The second-order valence-corrected chi connectivity index (χ2v) is 5.34. The third kappa shape index (κ3) is 6.12. The molecule has 0 N–H and O–H groups in total. The quantitative estimate of drug-likeness (QED) is 0.413. The summed E-state index contributed by atoms with van der Waals surface area (Å²) in [6, 6.07) is 6.56. The summed E-state index contributed by atoms with van der Waals surface area (Å²) in [6.45, 7) is 6.57. The largest absolute Gasteiger partial charge is 0.462 e. The molecule has 0 amide bonds. The van der Waals surface area contributed by atoms with Crippen LogP contribution >= 0.6 is 0 Å². The normalized spacial score (nSPS) is 10.9. The molecule has 0 spiro atoms. The lowest BCUT2D eigenvalue weighted by molar-refractivity contribution is 0.0431. The minimum Gasteiger partial charge on any atom is -0.462 e. The first-order valence-corrected chi connectivity index (χ1v) is 7.64. The van der Waals surface area contributed by atoms with E-state index in [-0.39, 0.29) is 17.0 Å². The molecule has 4 heteroatoms. The summed E-state index contributed by atoms with van der Waals surface area (Å²) in [6.07, 6.45) is 5.61. The van der Waals surface area contributed by atoms with Crippen LogP contribution in [0.25, 0.3) is 0 Å². The number of hydrogen-bond acceptors (Lipinski definition) is 4. The van der Waals surface area contributed by atoms with Crippen LogP contribution in [0.2, 0.25) is 0 Å². The Bertz CT molecular complexity index is 518. The molecule has 0 aliphatic rings. The Morgan fingerprint density at radius 1 is 1.05 bits per heavy atom. The molecule has 0 heterocycles. The highest BCUT2D eigenvalue weighted by atomic mass is 16.5. The molecule has 0 fully saturated rings. The fraction of sp³-hybridized carbons (Fsp3) is 0.444. The van der Waals surface area contributed by atoms with E-state index in [9.17, 15) is 9.59 Å². The first-order chi connectivity index (χ1) is 10.6. The fourth-order valence-electron chi connectivity index (χ4n) is 1.74. The van der Waals surface area contributed by atoms with Gasteiger partial charge in [-0.2, -0.15) is 0 Å². The molecule has 120 valence electrons. The van der Waals surface area contributed by atoms with Crippen molar-refractivity contribution in [3.63, 3.8) is 0 Å². The van der Waals surface area contributed by atoms with Gasteiger partial charge in [-0.25, -0.2) is 9.59 Å². The number of carbonyl (C=O) groups is 2. The summed E-state index contributed by atoms with van der Waals surface area (Å²) in [7, 11) is 0. The molecule has 1 aromatic rings. The second kappa shape index (κ2) is 9.77. The Kier molecular flexibility index (Phi) is 7.97. The van der Waals surface area contributed by atoms with Crippen LogP contribution in [-0.4, -0.2) is 25.2 Å². The zero-order valence-electron chi connectivity index (χ0n) is 13.5. The SMILES string of the molecule is CC/C=C/CCOC(=O)c1ccccc1C(=O)OCC(C)C. The Balaban J connectivity index is 2.67. The van der Waals surface area contributed by atoms with Crippen molar-refractivity contribution in [2.75, 3.05) is 13.2 Å². The Hall–Kier alpha value is -2.10. The maximum atomic E-state index is 12.1. The zero-order chi connectivity index (χ0) is 16.4. The second-order valence-electron chi connectivity index (χ2n) is 5.34. The summed E-state index contributed by atoms with van der Waals surface area (Å²) in [5.74, 6) is -0.748. The van der Waals surface area contributed by atoms with E-state index in [0.717, 1.165) is 6.42 Å². The molecule has 0 unspecified atom stereocenters. The van der Waals surface area contributed by atoms with Crippen LogP contribution < -0.4 is 0 Å². The molecular weight excluding hydrogens is 280 g/mol.